The van der Waals surface area contributed by atoms with E-state index >= 15 is 0 Å². The number of aryl methyl sites for hydroxylation is 1. The number of sulfone groups is 1. The van der Waals surface area contributed by atoms with Gasteiger partial charge >= 0.3 is 0 Å². The molecule has 0 aliphatic rings. The molecule has 1 atom stereocenters. The maximum absolute atomic E-state index is 11.0. The zero-order valence-electron chi connectivity index (χ0n) is 9.55. The van der Waals surface area contributed by atoms with Crippen molar-refractivity contribution in [1.82, 2.24) is 15.2 Å². The average Bonchev–Trinajstić information content (AvgIpc) is 2.58. The molecule has 92 valence electrons. The van der Waals surface area contributed by atoms with Gasteiger partial charge in [-0.15, -0.1) is 0 Å². The molecule has 0 aliphatic carbocycles. The fourth-order valence-corrected chi connectivity index (χ4v) is 2.18. The van der Waals surface area contributed by atoms with E-state index in [1.807, 2.05) is 19.3 Å². The molecule has 0 spiro atoms. The van der Waals surface area contributed by atoms with E-state index in [1.165, 1.54) is 6.26 Å². The van der Waals surface area contributed by atoms with E-state index in [1.54, 1.807) is 4.68 Å². The molecule has 1 aromatic rings. The van der Waals surface area contributed by atoms with E-state index in [-0.39, 0.29) is 11.8 Å². The average molecular weight is 246 g/mol. The SMILES string of the molecule is Cn1ccc(C(CCCS(C)(=O)=O)NN)n1. The number of hydrazine groups is 1. The maximum atomic E-state index is 11.0. The third kappa shape index (κ3) is 4.30. The molecule has 1 rings (SSSR count). The van der Waals surface area contributed by atoms with E-state index < -0.39 is 9.84 Å². The Labute approximate surface area is 95.7 Å². The highest BCUT2D eigenvalue weighted by atomic mass is 32.2. The molecule has 7 heteroatoms. The van der Waals surface area contributed by atoms with Crippen LogP contribution in [0.4, 0.5) is 0 Å². The molecule has 1 aromatic heterocycles. The van der Waals surface area contributed by atoms with Crippen LogP contribution in [-0.2, 0) is 16.9 Å². The summed E-state index contributed by atoms with van der Waals surface area (Å²) in [4.78, 5) is 0. The number of aromatic nitrogens is 2. The number of hydrogen-bond donors (Lipinski definition) is 2. The van der Waals surface area contributed by atoms with Gasteiger partial charge in [0.05, 0.1) is 11.7 Å². The molecule has 0 amide bonds. The zero-order chi connectivity index (χ0) is 12.2. The summed E-state index contributed by atoms with van der Waals surface area (Å²) in [6, 6.07) is 1.77. The monoisotopic (exact) mass is 246 g/mol. The molecule has 3 N–H and O–H groups in total. The van der Waals surface area contributed by atoms with Crippen LogP contribution >= 0.6 is 0 Å². The maximum Gasteiger partial charge on any atom is 0.147 e. The summed E-state index contributed by atoms with van der Waals surface area (Å²) in [5, 5.41) is 4.22. The number of hydrogen-bond acceptors (Lipinski definition) is 5. The number of nitrogens with zero attached hydrogens (tertiary/aromatic N) is 2. The molecule has 6 nitrogen and oxygen atoms in total. The molecule has 0 aromatic carbocycles. The molecule has 1 unspecified atom stereocenters. The third-order valence-electron chi connectivity index (χ3n) is 2.30. The van der Waals surface area contributed by atoms with Crippen LogP contribution < -0.4 is 11.3 Å². The Bertz CT molecular complexity index is 426. The van der Waals surface area contributed by atoms with Gasteiger partial charge in [0.15, 0.2) is 0 Å². The van der Waals surface area contributed by atoms with Gasteiger partial charge in [0.2, 0.25) is 0 Å². The van der Waals surface area contributed by atoms with Crippen molar-refractivity contribution in [1.29, 1.82) is 0 Å². The lowest BCUT2D eigenvalue weighted by Crippen LogP contribution is -2.28. The first-order valence-electron chi connectivity index (χ1n) is 5.06. The first-order chi connectivity index (χ1) is 7.42. The Kier molecular flexibility index (Phi) is 4.45. The third-order valence-corrected chi connectivity index (χ3v) is 3.33. The highest BCUT2D eigenvalue weighted by molar-refractivity contribution is 7.90. The van der Waals surface area contributed by atoms with Gasteiger partial charge in [-0.25, -0.2) is 8.42 Å². The van der Waals surface area contributed by atoms with Gasteiger partial charge in [0.1, 0.15) is 9.84 Å². The molecule has 0 bridgehead atoms. The van der Waals surface area contributed by atoms with Gasteiger partial charge in [0.25, 0.3) is 0 Å². The molecule has 16 heavy (non-hydrogen) atoms. The standard InChI is InChI=1S/C9H18N4O2S/c1-13-6-5-9(12-13)8(11-10)4-3-7-16(2,14)15/h5-6,8,11H,3-4,7,10H2,1-2H3. The van der Waals surface area contributed by atoms with Crippen molar-refractivity contribution in [2.45, 2.75) is 18.9 Å². The topological polar surface area (TPSA) is 90.0 Å². The van der Waals surface area contributed by atoms with Crippen LogP contribution in [0.2, 0.25) is 0 Å². The lowest BCUT2D eigenvalue weighted by molar-refractivity contribution is 0.490. The summed E-state index contributed by atoms with van der Waals surface area (Å²) in [6.45, 7) is 0. The minimum absolute atomic E-state index is 0.0945. The van der Waals surface area contributed by atoms with Crippen molar-refractivity contribution in [2.24, 2.45) is 12.9 Å². The minimum atomic E-state index is -2.90. The van der Waals surface area contributed by atoms with E-state index in [4.69, 9.17) is 5.84 Å². The number of nitrogens with two attached hydrogens (primary N) is 1. The second-order valence-corrected chi connectivity index (χ2v) is 6.17. The molecule has 0 fully saturated rings. The van der Waals surface area contributed by atoms with E-state index in [0.717, 1.165) is 5.69 Å². The van der Waals surface area contributed by atoms with Crippen molar-refractivity contribution in [3.05, 3.63) is 18.0 Å². The molecule has 1 heterocycles. The molecular formula is C9H18N4O2S. The van der Waals surface area contributed by atoms with Crippen LogP contribution in [0.5, 0.6) is 0 Å². The van der Waals surface area contributed by atoms with Gasteiger partial charge in [-0.2, -0.15) is 5.10 Å². The molecule has 0 radical (unpaired) electrons. The summed E-state index contributed by atoms with van der Waals surface area (Å²) >= 11 is 0. The van der Waals surface area contributed by atoms with Crippen LogP contribution in [0, 0.1) is 0 Å². The Balaban J connectivity index is 2.50. The van der Waals surface area contributed by atoms with Crippen LogP contribution in [0.25, 0.3) is 0 Å². The van der Waals surface area contributed by atoms with Gasteiger partial charge in [-0.3, -0.25) is 16.0 Å². The highest BCUT2D eigenvalue weighted by Crippen LogP contribution is 2.15. The van der Waals surface area contributed by atoms with E-state index in [9.17, 15) is 8.42 Å². The van der Waals surface area contributed by atoms with Crippen LogP contribution in [0.1, 0.15) is 24.6 Å². The van der Waals surface area contributed by atoms with E-state index in [0.29, 0.717) is 12.8 Å². The van der Waals surface area contributed by atoms with Gasteiger partial charge in [-0.1, -0.05) is 0 Å². The second kappa shape index (κ2) is 5.42. The van der Waals surface area contributed by atoms with E-state index in [2.05, 4.69) is 10.5 Å². The van der Waals surface area contributed by atoms with Crippen molar-refractivity contribution < 1.29 is 8.42 Å². The van der Waals surface area contributed by atoms with Gasteiger partial charge in [0, 0.05) is 25.3 Å². The molecule has 0 saturated carbocycles. The Morgan fingerprint density at radius 1 is 1.62 bits per heavy atom. The predicted molar refractivity (Wildman–Crippen MR) is 62.2 cm³/mol. The number of rotatable bonds is 6. The second-order valence-electron chi connectivity index (χ2n) is 3.91. The Hall–Kier alpha value is -0.920. The lowest BCUT2D eigenvalue weighted by atomic mass is 10.1. The van der Waals surface area contributed by atoms with Crippen LogP contribution in [0.15, 0.2) is 12.3 Å². The first-order valence-corrected chi connectivity index (χ1v) is 7.12. The molecule has 0 aliphatic heterocycles. The zero-order valence-corrected chi connectivity index (χ0v) is 10.4. The van der Waals surface area contributed by atoms with Crippen LogP contribution in [-0.4, -0.2) is 30.2 Å². The van der Waals surface area contributed by atoms with Crippen molar-refractivity contribution >= 4 is 9.84 Å². The lowest BCUT2D eigenvalue weighted by Gasteiger charge is -2.12. The number of nitrogens with one attached hydrogen (secondary N) is 1. The fourth-order valence-electron chi connectivity index (χ4n) is 1.49. The minimum Gasteiger partial charge on any atom is -0.275 e. The largest absolute Gasteiger partial charge is 0.275 e. The Morgan fingerprint density at radius 3 is 2.75 bits per heavy atom. The van der Waals surface area contributed by atoms with Crippen molar-refractivity contribution in [3.8, 4) is 0 Å². The van der Waals surface area contributed by atoms with Crippen molar-refractivity contribution in [2.75, 3.05) is 12.0 Å². The summed E-state index contributed by atoms with van der Waals surface area (Å²) in [5.41, 5.74) is 3.48. The van der Waals surface area contributed by atoms with Crippen molar-refractivity contribution in [3.63, 3.8) is 0 Å². The predicted octanol–water partition coefficient (Wildman–Crippen LogP) is -0.251. The fraction of sp³-hybridized carbons (Fsp3) is 0.667. The van der Waals surface area contributed by atoms with Gasteiger partial charge < -0.3 is 0 Å². The smallest absolute Gasteiger partial charge is 0.147 e. The summed E-state index contributed by atoms with van der Waals surface area (Å²) < 4.78 is 23.6. The highest BCUT2D eigenvalue weighted by Gasteiger charge is 2.13. The van der Waals surface area contributed by atoms with Gasteiger partial charge in [-0.05, 0) is 18.9 Å². The summed E-state index contributed by atoms with van der Waals surface area (Å²) in [5.74, 6) is 5.59. The Morgan fingerprint density at radius 2 is 2.31 bits per heavy atom. The molecule has 0 saturated heterocycles. The first kappa shape index (κ1) is 13.1. The molecular weight excluding hydrogens is 228 g/mol. The normalized spacial score (nSPS) is 13.9. The quantitative estimate of drug-likeness (QED) is 0.533. The summed E-state index contributed by atoms with van der Waals surface area (Å²) in [6.07, 6.45) is 4.29. The summed E-state index contributed by atoms with van der Waals surface area (Å²) in [7, 11) is -1.07. The van der Waals surface area contributed by atoms with Crippen LogP contribution in [0.3, 0.4) is 0 Å².